The molecule has 2 aliphatic rings. The summed E-state index contributed by atoms with van der Waals surface area (Å²) in [6.07, 6.45) is 6.10. The van der Waals surface area contributed by atoms with Crippen molar-refractivity contribution in [3.63, 3.8) is 0 Å². The Morgan fingerprint density at radius 1 is 1.06 bits per heavy atom. The molecule has 48 heavy (non-hydrogen) atoms. The lowest BCUT2D eigenvalue weighted by Gasteiger charge is -2.21. The zero-order valence-corrected chi connectivity index (χ0v) is 27.1. The van der Waals surface area contributed by atoms with Crippen molar-refractivity contribution in [3.8, 4) is 28.7 Å². The summed E-state index contributed by atoms with van der Waals surface area (Å²) >= 11 is 0. The summed E-state index contributed by atoms with van der Waals surface area (Å²) in [6, 6.07) is 18.4. The van der Waals surface area contributed by atoms with E-state index in [1.165, 1.54) is 23.2 Å². The summed E-state index contributed by atoms with van der Waals surface area (Å²) in [5.41, 5.74) is 1.69. The number of rotatable bonds is 9. The quantitative estimate of drug-likeness (QED) is 0.187. The Hall–Kier alpha value is -5.16. The van der Waals surface area contributed by atoms with Crippen molar-refractivity contribution < 1.29 is 28.1 Å². The summed E-state index contributed by atoms with van der Waals surface area (Å²) in [7, 11) is 3.28. The van der Waals surface area contributed by atoms with E-state index in [1.54, 1.807) is 56.2 Å². The molecule has 0 radical (unpaired) electrons. The Balaban J connectivity index is 1.07. The van der Waals surface area contributed by atoms with E-state index in [-0.39, 0.29) is 17.0 Å². The average Bonchev–Trinajstić information content (AvgIpc) is 3.78. The van der Waals surface area contributed by atoms with E-state index < -0.39 is 17.3 Å². The second-order valence-corrected chi connectivity index (χ2v) is 12.7. The van der Waals surface area contributed by atoms with Crippen LogP contribution in [0.25, 0.3) is 16.6 Å². The van der Waals surface area contributed by atoms with Gasteiger partial charge in [0.2, 0.25) is 0 Å². The van der Waals surface area contributed by atoms with Crippen molar-refractivity contribution in [2.75, 3.05) is 32.2 Å². The topological polar surface area (TPSA) is 106 Å². The first-order valence-corrected chi connectivity index (χ1v) is 16.1. The molecular formula is C37H37FN4O6. The molecule has 2 atom stereocenters. The van der Waals surface area contributed by atoms with Crippen LogP contribution in [-0.2, 0) is 11.8 Å². The van der Waals surface area contributed by atoms with E-state index in [4.69, 9.17) is 18.9 Å². The van der Waals surface area contributed by atoms with Gasteiger partial charge in [-0.2, -0.15) is 0 Å². The maximum Gasteiger partial charge on any atom is 0.284 e. The number of carbonyl (C=O) groups is 1. The molecule has 3 aromatic carbocycles. The third-order valence-corrected chi connectivity index (χ3v) is 9.64. The van der Waals surface area contributed by atoms with Gasteiger partial charge in [-0.05, 0) is 80.3 Å². The minimum Gasteiger partial charge on any atom is -0.493 e. The lowest BCUT2D eigenvalue weighted by molar-refractivity contribution is 0.102. The predicted molar refractivity (Wildman–Crippen MR) is 179 cm³/mol. The van der Waals surface area contributed by atoms with Crippen molar-refractivity contribution in [1.82, 2.24) is 14.3 Å². The molecule has 2 unspecified atom stereocenters. The number of halogens is 1. The molecule has 2 fully saturated rings. The number of nitrogens with one attached hydrogen (secondary N) is 1. The Morgan fingerprint density at radius 3 is 2.65 bits per heavy atom. The molecule has 1 saturated carbocycles. The number of methoxy groups -OCH3 is 1. The monoisotopic (exact) mass is 652 g/mol. The number of amides is 1. The van der Waals surface area contributed by atoms with E-state index in [2.05, 4.69) is 10.3 Å². The molecule has 1 saturated heterocycles. The number of pyridine rings is 1. The van der Waals surface area contributed by atoms with Gasteiger partial charge in [-0.3, -0.25) is 19.3 Å². The van der Waals surface area contributed by atoms with Crippen LogP contribution in [0.2, 0.25) is 0 Å². The average molecular weight is 653 g/mol. The Bertz CT molecular complexity index is 2050. The Labute approximate surface area is 277 Å². The number of anilines is 1. The van der Waals surface area contributed by atoms with Crippen molar-refractivity contribution in [2.45, 2.75) is 32.6 Å². The third-order valence-electron chi connectivity index (χ3n) is 9.64. The van der Waals surface area contributed by atoms with Gasteiger partial charge < -0.3 is 24.3 Å². The zero-order chi connectivity index (χ0) is 33.4. The number of aromatic nitrogens is 3. The van der Waals surface area contributed by atoms with Gasteiger partial charge >= 0.3 is 0 Å². The summed E-state index contributed by atoms with van der Waals surface area (Å²) < 4.78 is 42.0. The molecule has 1 amide bonds. The fourth-order valence-corrected chi connectivity index (χ4v) is 6.98. The van der Waals surface area contributed by atoms with Gasteiger partial charge in [0.1, 0.15) is 11.3 Å². The van der Waals surface area contributed by atoms with Crippen LogP contribution in [0.15, 0.2) is 77.7 Å². The van der Waals surface area contributed by atoms with Gasteiger partial charge in [0.05, 0.1) is 37.2 Å². The van der Waals surface area contributed by atoms with Crippen LogP contribution in [-0.4, -0.2) is 47.2 Å². The van der Waals surface area contributed by atoms with Gasteiger partial charge in [-0.1, -0.05) is 18.2 Å². The number of carbonyl (C=O) groups excluding carboxylic acids is 1. The molecule has 1 aliphatic heterocycles. The van der Waals surface area contributed by atoms with Crippen LogP contribution >= 0.6 is 0 Å². The molecule has 5 aromatic rings. The minimum absolute atomic E-state index is 0.0294. The van der Waals surface area contributed by atoms with E-state index >= 15 is 4.39 Å². The largest absolute Gasteiger partial charge is 0.493 e. The highest BCUT2D eigenvalue weighted by Crippen LogP contribution is 2.48. The first-order valence-electron chi connectivity index (χ1n) is 16.1. The third kappa shape index (κ3) is 5.90. The minimum atomic E-state index is -0.696. The predicted octanol–water partition coefficient (Wildman–Crippen LogP) is 6.81. The van der Waals surface area contributed by atoms with Crippen molar-refractivity contribution in [1.29, 1.82) is 0 Å². The lowest BCUT2D eigenvalue weighted by atomic mass is 9.85. The van der Waals surface area contributed by atoms with Crippen LogP contribution < -0.4 is 25.1 Å². The van der Waals surface area contributed by atoms with Gasteiger partial charge in [0, 0.05) is 43.1 Å². The second-order valence-electron chi connectivity index (χ2n) is 12.7. The molecule has 0 bridgehead atoms. The van der Waals surface area contributed by atoms with Crippen LogP contribution in [0, 0.1) is 24.1 Å². The first kappa shape index (κ1) is 31.4. The molecule has 248 valence electrons. The molecular weight excluding hydrogens is 615 g/mol. The molecule has 1 aliphatic carbocycles. The molecule has 1 spiro atoms. The van der Waals surface area contributed by atoms with Crippen LogP contribution in [0.3, 0.4) is 0 Å². The number of fused-ring (bicyclic) bond motifs is 1. The smallest absolute Gasteiger partial charge is 0.284 e. The number of hydrogen-bond donors (Lipinski definition) is 1. The number of hydrogen-bond acceptors (Lipinski definition) is 7. The van der Waals surface area contributed by atoms with Crippen LogP contribution in [0.4, 0.5) is 10.1 Å². The SMILES string of the molecule is COc1cc2c(Oc3ccc(NC(=O)c4c(C)n(C)n(-c5ccccc5)c4=O)cc3F)ccnc2cc1OCC1CCC2(CCOC2)C1. The van der Waals surface area contributed by atoms with E-state index in [1.807, 2.05) is 24.3 Å². The van der Waals surface area contributed by atoms with E-state index in [0.29, 0.717) is 57.5 Å². The molecule has 2 aromatic heterocycles. The molecule has 3 heterocycles. The van der Waals surface area contributed by atoms with Crippen LogP contribution in [0.5, 0.6) is 23.0 Å². The van der Waals surface area contributed by atoms with E-state index in [9.17, 15) is 9.59 Å². The zero-order valence-electron chi connectivity index (χ0n) is 27.1. The molecule has 1 N–H and O–H groups in total. The Morgan fingerprint density at radius 2 is 1.90 bits per heavy atom. The number of nitrogens with zero attached hydrogens (tertiary/aromatic N) is 3. The summed E-state index contributed by atoms with van der Waals surface area (Å²) in [5.74, 6) is 0.565. The summed E-state index contributed by atoms with van der Waals surface area (Å²) in [5, 5.41) is 3.27. The lowest BCUT2D eigenvalue weighted by Crippen LogP contribution is -2.25. The van der Waals surface area contributed by atoms with Gasteiger partial charge in [0.15, 0.2) is 23.1 Å². The Kier molecular flexibility index (Phi) is 8.38. The number of benzene rings is 3. The fourth-order valence-electron chi connectivity index (χ4n) is 6.98. The highest BCUT2D eigenvalue weighted by molar-refractivity contribution is 6.05. The number of para-hydroxylation sites is 1. The fraction of sp³-hybridized carbons (Fsp3) is 0.324. The van der Waals surface area contributed by atoms with Gasteiger partial charge in [0.25, 0.3) is 11.5 Å². The molecule has 11 heteroatoms. The molecule has 10 nitrogen and oxygen atoms in total. The van der Waals surface area contributed by atoms with Crippen molar-refractivity contribution in [3.05, 3.63) is 100 Å². The summed E-state index contributed by atoms with van der Waals surface area (Å²) in [4.78, 5) is 31.0. The number of ether oxygens (including phenoxy) is 4. The maximum atomic E-state index is 15.4. The highest BCUT2D eigenvalue weighted by Gasteiger charge is 2.42. The van der Waals surface area contributed by atoms with Crippen molar-refractivity contribution in [2.24, 2.45) is 18.4 Å². The highest BCUT2D eigenvalue weighted by atomic mass is 19.1. The summed E-state index contributed by atoms with van der Waals surface area (Å²) in [6.45, 7) is 3.96. The van der Waals surface area contributed by atoms with Gasteiger partial charge in [-0.15, -0.1) is 0 Å². The van der Waals surface area contributed by atoms with Crippen molar-refractivity contribution >= 4 is 22.5 Å². The van der Waals surface area contributed by atoms with Crippen LogP contribution in [0.1, 0.15) is 41.7 Å². The first-order chi connectivity index (χ1) is 23.2. The molecule has 7 rings (SSSR count). The maximum absolute atomic E-state index is 15.4. The van der Waals surface area contributed by atoms with E-state index in [0.717, 1.165) is 38.5 Å². The second kappa shape index (κ2) is 12.8. The normalized spacial score (nSPS) is 18.8. The standard InChI is InChI=1S/C37H37FN4O6/c1-23-34(36(44)42(41(23)2)26-7-5-4-6-8-26)35(43)40-25-9-10-31(28(38)17-25)48-30-12-15-39-29-19-33(32(45-3)18-27(29)30)47-21-24-11-13-37(20-24)14-16-46-22-37/h4-10,12,15,17-19,24H,11,13-14,16,20-22H2,1-3H3,(H,40,43). The van der Waals surface area contributed by atoms with Gasteiger partial charge in [-0.25, -0.2) is 9.07 Å².